The van der Waals surface area contributed by atoms with Crippen LogP contribution in [0.2, 0.25) is 0 Å². The first-order chi connectivity index (χ1) is 11.0. The number of hydrogen-bond acceptors (Lipinski definition) is 10. The van der Waals surface area contributed by atoms with E-state index in [9.17, 15) is 25.5 Å². The van der Waals surface area contributed by atoms with Crippen LogP contribution in [0.15, 0.2) is 12.7 Å². The maximum Gasteiger partial charge on any atom is 0.167 e. The number of aliphatic hydroxyl groups excluding tert-OH is 5. The van der Waals surface area contributed by atoms with Gasteiger partial charge in [-0.15, -0.1) is 0 Å². The SMILES string of the molecule is Nc1ncnc2c1ncn2[C@@H]1O[C@H](CO)[C@@H](O)[C@H](O)[C@@H](O)[C@H]1O. The molecule has 23 heavy (non-hydrogen) atoms. The first-order valence-corrected chi connectivity index (χ1v) is 6.87. The Morgan fingerprint density at radius 2 is 1.74 bits per heavy atom. The fourth-order valence-corrected chi connectivity index (χ4v) is 2.57. The summed E-state index contributed by atoms with van der Waals surface area (Å²) in [6, 6.07) is 0. The summed E-state index contributed by atoms with van der Waals surface area (Å²) in [5.74, 6) is 0.121. The molecule has 1 fully saturated rings. The molecule has 126 valence electrons. The Bertz CT molecular complexity index is 694. The second kappa shape index (κ2) is 5.96. The second-order valence-electron chi connectivity index (χ2n) is 5.29. The lowest BCUT2D eigenvalue weighted by Gasteiger charge is -2.26. The molecule has 0 amide bonds. The Labute approximate surface area is 129 Å². The fourth-order valence-electron chi connectivity index (χ4n) is 2.57. The molecule has 0 aromatic carbocycles. The highest BCUT2D eigenvalue weighted by atomic mass is 16.6. The van der Waals surface area contributed by atoms with Crippen LogP contribution in [0.4, 0.5) is 5.82 Å². The van der Waals surface area contributed by atoms with Crippen LogP contribution in [0.1, 0.15) is 6.23 Å². The number of ether oxygens (including phenoxy) is 1. The topological polar surface area (TPSA) is 180 Å². The van der Waals surface area contributed by atoms with Gasteiger partial charge in [-0.05, 0) is 0 Å². The maximum atomic E-state index is 10.3. The summed E-state index contributed by atoms with van der Waals surface area (Å²) < 4.78 is 6.76. The van der Waals surface area contributed by atoms with Crippen molar-refractivity contribution in [2.24, 2.45) is 0 Å². The van der Waals surface area contributed by atoms with E-state index in [1.807, 2.05) is 0 Å². The molecule has 2 aromatic rings. The molecule has 0 radical (unpaired) electrons. The van der Waals surface area contributed by atoms with Gasteiger partial charge in [-0.3, -0.25) is 4.57 Å². The van der Waals surface area contributed by atoms with Crippen molar-refractivity contribution in [3.05, 3.63) is 12.7 Å². The zero-order chi connectivity index (χ0) is 16.7. The highest BCUT2D eigenvalue weighted by molar-refractivity contribution is 5.81. The third-order valence-corrected chi connectivity index (χ3v) is 3.88. The minimum atomic E-state index is -1.71. The van der Waals surface area contributed by atoms with Crippen LogP contribution in [0.3, 0.4) is 0 Å². The molecule has 11 nitrogen and oxygen atoms in total. The minimum Gasteiger partial charge on any atom is -0.394 e. The quantitative estimate of drug-likeness (QED) is 0.328. The van der Waals surface area contributed by atoms with Crippen molar-refractivity contribution in [2.75, 3.05) is 12.3 Å². The van der Waals surface area contributed by atoms with Gasteiger partial charge in [0.2, 0.25) is 0 Å². The van der Waals surface area contributed by atoms with Crippen LogP contribution in [-0.4, -0.2) is 82.2 Å². The molecular formula is C12H17N5O6. The van der Waals surface area contributed by atoms with Gasteiger partial charge in [0.15, 0.2) is 17.7 Å². The van der Waals surface area contributed by atoms with Gasteiger partial charge in [0.25, 0.3) is 0 Å². The number of nitrogen functional groups attached to an aromatic ring is 1. The average molecular weight is 327 g/mol. The molecule has 0 saturated carbocycles. The van der Waals surface area contributed by atoms with Gasteiger partial charge in [0.1, 0.15) is 42.4 Å². The largest absolute Gasteiger partial charge is 0.394 e. The number of nitrogens with two attached hydrogens (primary N) is 1. The monoisotopic (exact) mass is 327 g/mol. The smallest absolute Gasteiger partial charge is 0.167 e. The average Bonchev–Trinajstić information content (AvgIpc) is 2.95. The predicted molar refractivity (Wildman–Crippen MR) is 74.8 cm³/mol. The maximum absolute atomic E-state index is 10.3. The zero-order valence-electron chi connectivity index (χ0n) is 11.8. The first kappa shape index (κ1) is 16.0. The van der Waals surface area contributed by atoms with Crippen molar-refractivity contribution in [1.29, 1.82) is 0 Å². The number of rotatable bonds is 2. The molecule has 11 heteroatoms. The summed E-state index contributed by atoms with van der Waals surface area (Å²) >= 11 is 0. The van der Waals surface area contributed by atoms with Crippen molar-refractivity contribution < 1.29 is 30.3 Å². The highest BCUT2D eigenvalue weighted by Crippen LogP contribution is 2.30. The van der Waals surface area contributed by atoms with Crippen LogP contribution >= 0.6 is 0 Å². The number of fused-ring (bicyclic) bond motifs is 1. The van der Waals surface area contributed by atoms with Crippen molar-refractivity contribution in [2.45, 2.75) is 36.7 Å². The van der Waals surface area contributed by atoms with Crippen molar-refractivity contribution in [3.63, 3.8) is 0 Å². The number of nitrogens with zero attached hydrogens (tertiary/aromatic N) is 4. The number of imidazole rings is 1. The van der Waals surface area contributed by atoms with E-state index in [1.165, 1.54) is 17.2 Å². The van der Waals surface area contributed by atoms with Gasteiger partial charge in [-0.25, -0.2) is 15.0 Å². The molecule has 7 N–H and O–H groups in total. The van der Waals surface area contributed by atoms with Crippen molar-refractivity contribution >= 4 is 17.0 Å². The normalized spacial score (nSPS) is 35.3. The Morgan fingerprint density at radius 1 is 1.04 bits per heavy atom. The Morgan fingerprint density at radius 3 is 2.43 bits per heavy atom. The van der Waals surface area contributed by atoms with Crippen LogP contribution in [0.5, 0.6) is 0 Å². The lowest BCUT2D eigenvalue weighted by atomic mass is 10.0. The Kier molecular flexibility index (Phi) is 4.14. The van der Waals surface area contributed by atoms with E-state index in [0.29, 0.717) is 0 Å². The van der Waals surface area contributed by atoms with E-state index in [4.69, 9.17) is 10.5 Å². The molecule has 0 spiro atoms. The molecule has 2 aromatic heterocycles. The van der Waals surface area contributed by atoms with E-state index >= 15 is 0 Å². The summed E-state index contributed by atoms with van der Waals surface area (Å²) in [4.78, 5) is 11.8. The van der Waals surface area contributed by atoms with Gasteiger partial charge in [-0.1, -0.05) is 0 Å². The van der Waals surface area contributed by atoms with E-state index in [-0.39, 0.29) is 17.0 Å². The lowest BCUT2D eigenvalue weighted by molar-refractivity contribution is -0.149. The predicted octanol–water partition coefficient (Wildman–Crippen LogP) is -3.26. The van der Waals surface area contributed by atoms with Gasteiger partial charge in [-0.2, -0.15) is 0 Å². The molecule has 1 aliphatic rings. The third-order valence-electron chi connectivity index (χ3n) is 3.88. The number of aromatic nitrogens is 4. The molecule has 1 aliphatic heterocycles. The fraction of sp³-hybridized carbons (Fsp3) is 0.583. The lowest BCUT2D eigenvalue weighted by Crippen LogP contribution is -2.47. The summed E-state index contributed by atoms with van der Waals surface area (Å²) in [6.45, 7) is -0.627. The van der Waals surface area contributed by atoms with Crippen LogP contribution in [0.25, 0.3) is 11.2 Å². The van der Waals surface area contributed by atoms with Crippen molar-refractivity contribution in [1.82, 2.24) is 19.5 Å². The van der Waals surface area contributed by atoms with Crippen LogP contribution < -0.4 is 5.73 Å². The zero-order valence-corrected chi connectivity index (χ0v) is 11.8. The van der Waals surface area contributed by atoms with Crippen LogP contribution in [0, 0.1) is 0 Å². The van der Waals surface area contributed by atoms with Gasteiger partial charge in [0.05, 0.1) is 12.9 Å². The molecule has 1 saturated heterocycles. The molecule has 0 bridgehead atoms. The minimum absolute atomic E-state index is 0.121. The van der Waals surface area contributed by atoms with E-state index in [0.717, 1.165) is 0 Å². The number of hydrogen-bond donors (Lipinski definition) is 6. The molecule has 3 heterocycles. The number of anilines is 1. The summed E-state index contributed by atoms with van der Waals surface area (Å²) in [5, 5.41) is 49.3. The second-order valence-corrected chi connectivity index (χ2v) is 5.29. The summed E-state index contributed by atoms with van der Waals surface area (Å²) in [7, 11) is 0. The molecule has 0 aliphatic carbocycles. The van der Waals surface area contributed by atoms with Gasteiger partial charge >= 0.3 is 0 Å². The Balaban J connectivity index is 2.06. The van der Waals surface area contributed by atoms with E-state index < -0.39 is 43.4 Å². The van der Waals surface area contributed by atoms with Crippen LogP contribution in [-0.2, 0) is 4.74 Å². The van der Waals surface area contributed by atoms with Crippen molar-refractivity contribution in [3.8, 4) is 0 Å². The number of aliphatic hydroxyl groups is 5. The summed E-state index contributed by atoms with van der Waals surface area (Å²) in [6.07, 6.45) is -6.59. The first-order valence-electron chi connectivity index (χ1n) is 6.87. The van der Waals surface area contributed by atoms with Gasteiger partial charge < -0.3 is 36.0 Å². The third kappa shape index (κ3) is 2.52. The van der Waals surface area contributed by atoms with E-state index in [2.05, 4.69) is 15.0 Å². The standard InChI is InChI=1S/C12H17N5O6/c13-10-5-11(15-2-14-10)17(3-16-5)12-9(22)8(21)7(20)6(19)4(1-18)23-12/h2-4,6-9,12,18-22H,1H2,(H2,13,14,15)/t4-,6-,7+,8-,9-,12-/m1/s1. The highest BCUT2D eigenvalue weighted by Gasteiger charge is 2.45. The summed E-state index contributed by atoms with van der Waals surface area (Å²) in [5.41, 5.74) is 6.19. The Hall–Kier alpha value is -1.89. The van der Waals surface area contributed by atoms with Gasteiger partial charge in [0, 0.05) is 0 Å². The molecule has 6 atom stereocenters. The van der Waals surface area contributed by atoms with E-state index in [1.54, 1.807) is 0 Å². The molecule has 3 rings (SSSR count). The molecular weight excluding hydrogens is 310 g/mol. The molecule has 0 unspecified atom stereocenters.